The van der Waals surface area contributed by atoms with E-state index in [1.54, 1.807) is 31.3 Å². The van der Waals surface area contributed by atoms with Gasteiger partial charge in [0, 0.05) is 7.05 Å². The number of fused-ring (bicyclic) bond motifs is 3. The lowest BCUT2D eigenvalue weighted by atomic mass is 10.2. The standard InChI is InChI=1S/C20H19N7O5S/c1-12-5-7-13(8-6-12)33(29,30)32-11-9-26-17-15(25(2)20(26)28)18-22-16(14-4-3-10-31-14)24-27(18)19(21)23-17/h3-8,10H,9,11H2,1-2H3,(H2,21,23). The number of imidazole rings is 1. The molecule has 1 aromatic carbocycles. The summed E-state index contributed by atoms with van der Waals surface area (Å²) in [7, 11) is -2.42. The van der Waals surface area contributed by atoms with Crippen LogP contribution in [0, 0.1) is 6.92 Å². The predicted molar refractivity (Wildman–Crippen MR) is 118 cm³/mol. The Balaban J connectivity index is 1.51. The van der Waals surface area contributed by atoms with Gasteiger partial charge in [0.15, 0.2) is 17.1 Å². The van der Waals surface area contributed by atoms with E-state index in [-0.39, 0.29) is 35.5 Å². The Hall–Kier alpha value is -3.97. The summed E-state index contributed by atoms with van der Waals surface area (Å²) in [5, 5.41) is 4.31. The molecule has 0 aliphatic carbocycles. The van der Waals surface area contributed by atoms with Crippen molar-refractivity contribution in [3.05, 3.63) is 58.7 Å². The Morgan fingerprint density at radius 2 is 1.88 bits per heavy atom. The van der Waals surface area contributed by atoms with Gasteiger partial charge in [-0.25, -0.2) is 9.78 Å². The van der Waals surface area contributed by atoms with Crippen LogP contribution in [0.1, 0.15) is 5.56 Å². The second kappa shape index (κ2) is 7.56. The van der Waals surface area contributed by atoms with Crippen LogP contribution in [0.5, 0.6) is 0 Å². The molecule has 5 rings (SSSR count). The number of benzene rings is 1. The Morgan fingerprint density at radius 1 is 1.12 bits per heavy atom. The lowest BCUT2D eigenvalue weighted by molar-refractivity contribution is 0.300. The van der Waals surface area contributed by atoms with E-state index in [9.17, 15) is 13.2 Å². The molecule has 5 aromatic rings. The molecule has 0 spiro atoms. The predicted octanol–water partition coefficient (Wildman–Crippen LogP) is 1.33. The molecular weight excluding hydrogens is 450 g/mol. The summed E-state index contributed by atoms with van der Waals surface area (Å²) < 4.78 is 39.3. The molecule has 4 heterocycles. The van der Waals surface area contributed by atoms with Gasteiger partial charge in [-0.15, -0.1) is 5.10 Å². The van der Waals surface area contributed by atoms with Crippen LogP contribution in [0.2, 0.25) is 0 Å². The first-order valence-corrected chi connectivity index (χ1v) is 11.3. The fraction of sp³-hybridized carbons (Fsp3) is 0.200. The smallest absolute Gasteiger partial charge is 0.330 e. The van der Waals surface area contributed by atoms with Crippen LogP contribution in [0.4, 0.5) is 5.95 Å². The highest BCUT2D eigenvalue weighted by Gasteiger charge is 2.22. The quantitative estimate of drug-likeness (QED) is 0.363. The zero-order chi connectivity index (χ0) is 23.3. The fourth-order valence-corrected chi connectivity index (χ4v) is 4.41. The molecule has 2 N–H and O–H groups in total. The summed E-state index contributed by atoms with van der Waals surface area (Å²) in [5.74, 6) is 0.731. The summed E-state index contributed by atoms with van der Waals surface area (Å²) >= 11 is 0. The van der Waals surface area contributed by atoms with Crippen LogP contribution < -0.4 is 11.4 Å². The van der Waals surface area contributed by atoms with Gasteiger partial charge in [0.25, 0.3) is 10.1 Å². The second-order valence-corrected chi connectivity index (χ2v) is 8.99. The first-order chi connectivity index (χ1) is 15.8. The first-order valence-electron chi connectivity index (χ1n) is 9.88. The average molecular weight is 469 g/mol. The molecule has 0 saturated carbocycles. The monoisotopic (exact) mass is 469 g/mol. The molecule has 0 radical (unpaired) electrons. The van der Waals surface area contributed by atoms with Crippen molar-refractivity contribution in [2.24, 2.45) is 7.05 Å². The van der Waals surface area contributed by atoms with E-state index in [4.69, 9.17) is 14.3 Å². The van der Waals surface area contributed by atoms with Gasteiger partial charge in [-0.1, -0.05) is 17.7 Å². The SMILES string of the molecule is Cc1ccc(S(=O)(=O)OCCn2c(=O)n(C)c3c2nc(N)n2nc(-c4ccco4)nc32)cc1. The lowest BCUT2D eigenvalue weighted by Crippen LogP contribution is -2.25. The highest BCUT2D eigenvalue weighted by atomic mass is 32.2. The highest BCUT2D eigenvalue weighted by Crippen LogP contribution is 2.23. The van der Waals surface area contributed by atoms with Gasteiger partial charge in [0.05, 0.1) is 24.3 Å². The third-order valence-corrected chi connectivity index (χ3v) is 6.51. The Kier molecular flexibility index (Phi) is 4.79. The van der Waals surface area contributed by atoms with E-state index in [0.29, 0.717) is 16.9 Å². The molecule has 12 nitrogen and oxygen atoms in total. The Labute approximate surface area is 187 Å². The van der Waals surface area contributed by atoms with Crippen molar-refractivity contribution in [1.82, 2.24) is 28.7 Å². The maximum absolute atomic E-state index is 12.9. The summed E-state index contributed by atoms with van der Waals surface area (Å²) in [5.41, 5.74) is 7.51. The molecule has 0 saturated heterocycles. The van der Waals surface area contributed by atoms with Crippen molar-refractivity contribution in [3.63, 3.8) is 0 Å². The minimum atomic E-state index is -3.98. The van der Waals surface area contributed by atoms with Gasteiger partial charge >= 0.3 is 5.69 Å². The summed E-state index contributed by atoms with van der Waals surface area (Å²) in [6, 6.07) is 9.70. The number of rotatable bonds is 6. The zero-order valence-corrected chi connectivity index (χ0v) is 18.5. The average Bonchev–Trinajstić information content (AvgIpc) is 3.50. The van der Waals surface area contributed by atoms with Crippen molar-refractivity contribution >= 4 is 32.9 Å². The number of hydrogen-bond acceptors (Lipinski definition) is 9. The van der Waals surface area contributed by atoms with Crippen LogP contribution in [0.3, 0.4) is 0 Å². The molecule has 0 aliphatic heterocycles. The molecule has 33 heavy (non-hydrogen) atoms. The van der Waals surface area contributed by atoms with Crippen molar-refractivity contribution in [3.8, 4) is 11.6 Å². The number of aryl methyl sites for hydroxylation is 2. The third kappa shape index (κ3) is 3.47. The van der Waals surface area contributed by atoms with Crippen molar-refractivity contribution < 1.29 is 17.0 Å². The zero-order valence-electron chi connectivity index (χ0n) is 17.7. The van der Waals surface area contributed by atoms with Gasteiger partial charge in [0.2, 0.25) is 11.8 Å². The minimum Gasteiger partial charge on any atom is -0.461 e. The van der Waals surface area contributed by atoms with Gasteiger partial charge in [-0.2, -0.15) is 17.9 Å². The van der Waals surface area contributed by atoms with Gasteiger partial charge < -0.3 is 10.2 Å². The summed E-state index contributed by atoms with van der Waals surface area (Å²) in [6.45, 7) is 1.52. The fourth-order valence-electron chi connectivity index (χ4n) is 3.51. The molecule has 4 aromatic heterocycles. The normalized spacial score (nSPS) is 12.2. The van der Waals surface area contributed by atoms with Gasteiger partial charge in [-0.05, 0) is 31.2 Å². The van der Waals surface area contributed by atoms with Crippen LogP contribution >= 0.6 is 0 Å². The maximum atomic E-state index is 12.9. The Morgan fingerprint density at radius 3 is 2.58 bits per heavy atom. The van der Waals surface area contributed by atoms with Crippen molar-refractivity contribution in [2.45, 2.75) is 18.4 Å². The topological polar surface area (TPSA) is 153 Å². The lowest BCUT2D eigenvalue weighted by Gasteiger charge is -2.07. The highest BCUT2D eigenvalue weighted by molar-refractivity contribution is 7.86. The summed E-state index contributed by atoms with van der Waals surface area (Å²) in [4.78, 5) is 21.7. The number of furan rings is 1. The number of nitrogen functional groups attached to an aromatic ring is 1. The van der Waals surface area contributed by atoms with Gasteiger partial charge in [0.1, 0.15) is 5.52 Å². The first kappa shape index (κ1) is 20.9. The number of aromatic nitrogens is 6. The van der Waals surface area contributed by atoms with E-state index in [0.717, 1.165) is 5.56 Å². The molecule has 0 fully saturated rings. The number of nitrogens with two attached hydrogens (primary N) is 1. The maximum Gasteiger partial charge on any atom is 0.330 e. The third-order valence-electron chi connectivity index (χ3n) is 5.18. The van der Waals surface area contributed by atoms with E-state index in [1.165, 1.54) is 32.0 Å². The van der Waals surface area contributed by atoms with E-state index in [2.05, 4.69) is 15.1 Å². The largest absolute Gasteiger partial charge is 0.461 e. The number of anilines is 1. The van der Waals surface area contributed by atoms with Crippen LogP contribution in [0.25, 0.3) is 28.4 Å². The van der Waals surface area contributed by atoms with Crippen LogP contribution in [0.15, 0.2) is 56.8 Å². The van der Waals surface area contributed by atoms with E-state index < -0.39 is 15.8 Å². The van der Waals surface area contributed by atoms with Crippen molar-refractivity contribution in [1.29, 1.82) is 0 Å². The molecule has 0 atom stereocenters. The molecule has 0 amide bonds. The second-order valence-electron chi connectivity index (χ2n) is 7.37. The molecule has 13 heteroatoms. The van der Waals surface area contributed by atoms with E-state index in [1.807, 2.05) is 6.92 Å². The van der Waals surface area contributed by atoms with Crippen molar-refractivity contribution in [2.75, 3.05) is 12.3 Å². The van der Waals surface area contributed by atoms with Gasteiger partial charge in [-0.3, -0.25) is 13.3 Å². The summed E-state index contributed by atoms with van der Waals surface area (Å²) in [6.07, 6.45) is 1.50. The molecule has 0 unspecified atom stereocenters. The number of hydrogen-bond donors (Lipinski definition) is 1. The molecule has 170 valence electrons. The molecule has 0 bridgehead atoms. The Bertz CT molecular complexity index is 1650. The number of nitrogens with zero attached hydrogens (tertiary/aromatic N) is 6. The molecular formula is C20H19N7O5S. The van der Waals surface area contributed by atoms with E-state index >= 15 is 0 Å². The molecule has 0 aliphatic rings. The van der Waals surface area contributed by atoms with Crippen LogP contribution in [-0.2, 0) is 27.9 Å². The minimum absolute atomic E-state index is 0.00958. The van der Waals surface area contributed by atoms with Crippen LogP contribution in [-0.4, -0.2) is 43.7 Å².